The van der Waals surface area contributed by atoms with E-state index in [2.05, 4.69) is 5.32 Å². The third kappa shape index (κ3) is 6.17. The van der Waals surface area contributed by atoms with Crippen molar-refractivity contribution in [2.45, 2.75) is 19.5 Å². The largest absolute Gasteiger partial charge is 0.468 e. The van der Waals surface area contributed by atoms with Gasteiger partial charge in [-0.3, -0.25) is 9.69 Å². The Hall–Kier alpha value is -2.21. The maximum absolute atomic E-state index is 12.4. The zero-order valence-electron chi connectivity index (χ0n) is 14.7. The van der Waals surface area contributed by atoms with Gasteiger partial charge in [-0.05, 0) is 48.4 Å². The molecule has 0 spiro atoms. The zero-order chi connectivity index (χ0) is 19.1. The second kappa shape index (κ2) is 9.65. The highest BCUT2D eigenvalue weighted by atomic mass is 35.5. The molecule has 7 heteroatoms. The van der Waals surface area contributed by atoms with Crippen LogP contribution >= 0.6 is 23.2 Å². The maximum atomic E-state index is 12.4. The molecule has 142 valence electrons. The molecule has 0 bridgehead atoms. The number of hydrogen-bond acceptors (Lipinski definition) is 4. The highest BCUT2D eigenvalue weighted by Gasteiger charge is 2.14. The first-order valence-electron chi connectivity index (χ1n) is 8.58. The molecule has 1 amide bonds. The molecule has 1 aromatic carbocycles. The Labute approximate surface area is 167 Å². The van der Waals surface area contributed by atoms with E-state index in [4.69, 9.17) is 32.0 Å². The van der Waals surface area contributed by atoms with Crippen LogP contribution in [0.25, 0.3) is 0 Å². The van der Waals surface area contributed by atoms with Crippen LogP contribution in [-0.2, 0) is 24.3 Å². The summed E-state index contributed by atoms with van der Waals surface area (Å²) in [6, 6.07) is 12.8. The number of hydrogen-bond donors (Lipinski definition) is 1. The molecule has 0 fully saturated rings. The highest BCUT2D eigenvalue weighted by Crippen LogP contribution is 2.21. The predicted molar refractivity (Wildman–Crippen MR) is 105 cm³/mol. The lowest BCUT2D eigenvalue weighted by Crippen LogP contribution is -2.37. The standard InChI is InChI=1S/C20H20Cl2N2O3/c21-16-6-5-15(19(22)11-16)7-8-23-20(25)14-24(12-17-3-1-9-26-17)13-18-4-2-10-27-18/h1-6,9-11H,7-8,12-14H2,(H,23,25). The second-order valence-electron chi connectivity index (χ2n) is 6.14. The van der Waals surface area contributed by atoms with E-state index in [-0.39, 0.29) is 12.5 Å². The van der Waals surface area contributed by atoms with Gasteiger partial charge in [-0.25, -0.2) is 0 Å². The van der Waals surface area contributed by atoms with Gasteiger partial charge >= 0.3 is 0 Å². The maximum Gasteiger partial charge on any atom is 0.234 e. The summed E-state index contributed by atoms with van der Waals surface area (Å²) in [4.78, 5) is 14.3. The topological polar surface area (TPSA) is 58.6 Å². The minimum atomic E-state index is -0.0711. The molecule has 1 N–H and O–H groups in total. The van der Waals surface area contributed by atoms with Crippen molar-refractivity contribution >= 4 is 29.1 Å². The van der Waals surface area contributed by atoms with Crippen molar-refractivity contribution in [1.29, 1.82) is 0 Å². The van der Waals surface area contributed by atoms with Crippen LogP contribution in [0.1, 0.15) is 17.1 Å². The molecule has 3 aromatic rings. The fraction of sp³-hybridized carbons (Fsp3) is 0.250. The molecule has 3 rings (SSSR count). The minimum absolute atomic E-state index is 0.0711. The number of rotatable bonds is 9. The quantitative estimate of drug-likeness (QED) is 0.566. The number of nitrogens with one attached hydrogen (secondary N) is 1. The molecule has 0 aliphatic rings. The van der Waals surface area contributed by atoms with Crippen molar-refractivity contribution in [3.63, 3.8) is 0 Å². The fourth-order valence-corrected chi connectivity index (χ4v) is 3.24. The van der Waals surface area contributed by atoms with E-state index in [1.807, 2.05) is 35.2 Å². The van der Waals surface area contributed by atoms with E-state index in [1.165, 1.54) is 0 Å². The third-order valence-electron chi connectivity index (χ3n) is 4.02. The van der Waals surface area contributed by atoms with E-state index in [0.717, 1.165) is 17.1 Å². The van der Waals surface area contributed by atoms with Gasteiger partial charge in [0.05, 0.1) is 32.2 Å². The molecule has 0 radical (unpaired) electrons. The van der Waals surface area contributed by atoms with E-state index < -0.39 is 0 Å². The molecule has 5 nitrogen and oxygen atoms in total. The van der Waals surface area contributed by atoms with Crippen LogP contribution in [0.5, 0.6) is 0 Å². The smallest absolute Gasteiger partial charge is 0.234 e. The third-order valence-corrected chi connectivity index (χ3v) is 4.60. The van der Waals surface area contributed by atoms with Gasteiger partial charge in [-0.15, -0.1) is 0 Å². The van der Waals surface area contributed by atoms with Gasteiger partial charge in [-0.1, -0.05) is 29.3 Å². The number of benzene rings is 1. The molecule has 0 saturated carbocycles. The van der Waals surface area contributed by atoms with Gasteiger partial charge < -0.3 is 14.2 Å². The van der Waals surface area contributed by atoms with E-state index in [9.17, 15) is 4.79 Å². The number of halogens is 2. The van der Waals surface area contributed by atoms with Gasteiger partial charge in [0.15, 0.2) is 0 Å². The molecule has 0 aliphatic heterocycles. The Morgan fingerprint density at radius 3 is 2.22 bits per heavy atom. The van der Waals surface area contributed by atoms with Crippen LogP contribution in [0, 0.1) is 0 Å². The van der Waals surface area contributed by atoms with Crippen LogP contribution in [0.15, 0.2) is 63.8 Å². The van der Waals surface area contributed by atoms with Crippen molar-refractivity contribution in [2.75, 3.05) is 13.1 Å². The summed E-state index contributed by atoms with van der Waals surface area (Å²) in [5, 5.41) is 4.13. The van der Waals surface area contributed by atoms with E-state index in [0.29, 0.717) is 36.1 Å². The van der Waals surface area contributed by atoms with Crippen LogP contribution in [0.3, 0.4) is 0 Å². The summed E-state index contributed by atoms with van der Waals surface area (Å²) < 4.78 is 10.8. The van der Waals surface area contributed by atoms with Crippen molar-refractivity contribution < 1.29 is 13.6 Å². The SMILES string of the molecule is O=C(CN(Cc1ccco1)Cc1ccco1)NCCc1ccc(Cl)cc1Cl. The number of nitrogens with zero attached hydrogens (tertiary/aromatic N) is 1. The summed E-state index contributed by atoms with van der Waals surface area (Å²) in [6.45, 7) is 1.76. The Morgan fingerprint density at radius 1 is 1.00 bits per heavy atom. The summed E-state index contributed by atoms with van der Waals surface area (Å²) in [5.74, 6) is 1.52. The minimum Gasteiger partial charge on any atom is -0.468 e. The Balaban J connectivity index is 1.52. The van der Waals surface area contributed by atoms with Gasteiger partial charge in [0.1, 0.15) is 11.5 Å². The van der Waals surface area contributed by atoms with Gasteiger partial charge in [0.2, 0.25) is 5.91 Å². The number of carbonyl (C=O) groups excluding carboxylic acids is 1. The first-order valence-corrected chi connectivity index (χ1v) is 9.33. The average Bonchev–Trinajstić information content (AvgIpc) is 3.31. The summed E-state index contributed by atoms with van der Waals surface area (Å²) in [5.41, 5.74) is 0.949. The lowest BCUT2D eigenvalue weighted by Gasteiger charge is -2.19. The van der Waals surface area contributed by atoms with Crippen molar-refractivity contribution in [3.8, 4) is 0 Å². The lowest BCUT2D eigenvalue weighted by molar-refractivity contribution is -0.122. The van der Waals surface area contributed by atoms with Crippen molar-refractivity contribution in [2.24, 2.45) is 0 Å². The summed E-state index contributed by atoms with van der Waals surface area (Å²) in [7, 11) is 0. The summed E-state index contributed by atoms with van der Waals surface area (Å²) >= 11 is 12.1. The summed E-state index contributed by atoms with van der Waals surface area (Å²) in [6.07, 6.45) is 3.88. The Bertz CT molecular complexity index is 812. The van der Waals surface area contributed by atoms with Gasteiger partial charge in [0, 0.05) is 16.6 Å². The second-order valence-corrected chi connectivity index (χ2v) is 6.98. The molecule has 0 atom stereocenters. The molecular formula is C20H20Cl2N2O3. The Kier molecular flexibility index (Phi) is 6.98. The monoisotopic (exact) mass is 406 g/mol. The lowest BCUT2D eigenvalue weighted by atomic mass is 10.1. The molecule has 2 aromatic heterocycles. The number of amides is 1. The van der Waals surface area contributed by atoms with Crippen LogP contribution in [-0.4, -0.2) is 23.9 Å². The van der Waals surface area contributed by atoms with Crippen LogP contribution in [0.2, 0.25) is 10.0 Å². The molecule has 0 unspecified atom stereocenters. The first kappa shape index (κ1) is 19.5. The van der Waals surface area contributed by atoms with E-state index in [1.54, 1.807) is 24.7 Å². The number of carbonyl (C=O) groups is 1. The highest BCUT2D eigenvalue weighted by molar-refractivity contribution is 6.35. The first-order chi connectivity index (χ1) is 13.1. The van der Waals surface area contributed by atoms with Crippen LogP contribution < -0.4 is 5.32 Å². The molecular weight excluding hydrogens is 387 g/mol. The fourth-order valence-electron chi connectivity index (χ4n) is 2.73. The molecule has 27 heavy (non-hydrogen) atoms. The van der Waals surface area contributed by atoms with Crippen molar-refractivity contribution in [3.05, 3.63) is 82.1 Å². The van der Waals surface area contributed by atoms with Crippen LogP contribution in [0.4, 0.5) is 0 Å². The average molecular weight is 407 g/mol. The zero-order valence-corrected chi connectivity index (χ0v) is 16.2. The normalized spacial score (nSPS) is 11.1. The number of furan rings is 2. The van der Waals surface area contributed by atoms with Gasteiger partial charge in [-0.2, -0.15) is 0 Å². The van der Waals surface area contributed by atoms with Gasteiger partial charge in [0.25, 0.3) is 0 Å². The predicted octanol–water partition coefficient (Wildman–Crippen LogP) is 4.54. The van der Waals surface area contributed by atoms with E-state index >= 15 is 0 Å². The Morgan fingerprint density at radius 2 is 1.67 bits per heavy atom. The molecule has 0 saturated heterocycles. The van der Waals surface area contributed by atoms with Crippen molar-refractivity contribution in [1.82, 2.24) is 10.2 Å². The molecule has 2 heterocycles. The molecule has 0 aliphatic carbocycles.